The molecular weight excluding hydrogens is 252 g/mol. The third-order valence-electron chi connectivity index (χ3n) is 3.76. The average molecular weight is 276 g/mol. The van der Waals surface area contributed by atoms with Crippen LogP contribution in [0.4, 0.5) is 0 Å². The first kappa shape index (κ1) is 14.9. The average Bonchev–Trinajstić information content (AvgIpc) is 2.65. The Balaban J connectivity index is 1.69. The number of hydrogen-bond acceptors (Lipinski definition) is 3. The van der Waals surface area contributed by atoms with Gasteiger partial charge in [-0.25, -0.2) is 0 Å². The third-order valence-corrected chi connectivity index (χ3v) is 3.76. The van der Waals surface area contributed by atoms with Gasteiger partial charge < -0.3 is 15.8 Å². The molecule has 1 aromatic rings. The van der Waals surface area contributed by atoms with Crippen LogP contribution in [0.5, 0.6) is 5.75 Å². The molecule has 2 rings (SSSR count). The van der Waals surface area contributed by atoms with Crippen LogP contribution in [0.1, 0.15) is 38.5 Å². The molecule has 0 heterocycles. The Hall–Kier alpha value is -1.55. The maximum absolute atomic E-state index is 11.9. The molecule has 0 radical (unpaired) electrons. The predicted molar refractivity (Wildman–Crippen MR) is 79.5 cm³/mol. The van der Waals surface area contributed by atoms with Gasteiger partial charge in [-0.15, -0.1) is 0 Å². The largest absolute Gasteiger partial charge is 0.493 e. The number of hydrogen-bond donors (Lipinski definition) is 2. The lowest BCUT2D eigenvalue weighted by molar-refractivity contribution is -0.122. The fourth-order valence-corrected chi connectivity index (χ4v) is 2.57. The number of ether oxygens (including phenoxy) is 1. The van der Waals surface area contributed by atoms with Crippen LogP contribution in [0.2, 0.25) is 0 Å². The maximum Gasteiger partial charge on any atom is 0.223 e. The molecule has 2 unspecified atom stereocenters. The summed E-state index contributed by atoms with van der Waals surface area (Å²) in [5.74, 6) is 0.828. The fraction of sp³-hybridized carbons (Fsp3) is 0.562. The van der Waals surface area contributed by atoms with E-state index in [2.05, 4.69) is 5.32 Å². The molecule has 0 aliphatic heterocycles. The summed E-state index contributed by atoms with van der Waals surface area (Å²) in [4.78, 5) is 11.9. The molecule has 0 aromatic heterocycles. The lowest BCUT2D eigenvalue weighted by Crippen LogP contribution is -2.47. The number of carbonyl (C=O) groups is 1. The summed E-state index contributed by atoms with van der Waals surface area (Å²) in [5, 5.41) is 3.05. The Kier molecular flexibility index (Phi) is 5.87. The van der Waals surface area contributed by atoms with Crippen molar-refractivity contribution < 1.29 is 9.53 Å². The van der Waals surface area contributed by atoms with E-state index in [0.717, 1.165) is 25.0 Å². The SMILES string of the molecule is NC1CCCCCC1NC(=O)CCOc1ccccc1. The number of nitrogens with two attached hydrogens (primary N) is 1. The van der Waals surface area contributed by atoms with Crippen LogP contribution in [-0.4, -0.2) is 24.6 Å². The van der Waals surface area contributed by atoms with Crippen molar-refractivity contribution in [2.24, 2.45) is 5.73 Å². The molecule has 3 N–H and O–H groups in total. The number of benzene rings is 1. The molecule has 1 fully saturated rings. The van der Waals surface area contributed by atoms with E-state index < -0.39 is 0 Å². The van der Waals surface area contributed by atoms with Gasteiger partial charge >= 0.3 is 0 Å². The van der Waals surface area contributed by atoms with Crippen molar-refractivity contribution in [2.45, 2.75) is 50.6 Å². The molecular formula is C16H24N2O2. The zero-order valence-corrected chi connectivity index (χ0v) is 11.9. The second kappa shape index (κ2) is 7.90. The van der Waals surface area contributed by atoms with Crippen molar-refractivity contribution in [1.29, 1.82) is 0 Å². The lowest BCUT2D eigenvalue weighted by Gasteiger charge is -2.22. The number of nitrogens with one attached hydrogen (secondary N) is 1. The highest BCUT2D eigenvalue weighted by Crippen LogP contribution is 2.16. The molecule has 0 spiro atoms. The van der Waals surface area contributed by atoms with Crippen molar-refractivity contribution in [3.8, 4) is 5.75 Å². The minimum Gasteiger partial charge on any atom is -0.493 e. The first-order valence-electron chi connectivity index (χ1n) is 7.48. The third kappa shape index (κ3) is 4.85. The maximum atomic E-state index is 11.9. The summed E-state index contributed by atoms with van der Waals surface area (Å²) in [5.41, 5.74) is 6.10. The summed E-state index contributed by atoms with van der Waals surface area (Å²) in [6.45, 7) is 0.401. The van der Waals surface area contributed by atoms with Gasteiger partial charge in [0.25, 0.3) is 0 Å². The number of para-hydroxylation sites is 1. The molecule has 2 atom stereocenters. The summed E-state index contributed by atoms with van der Waals surface area (Å²) >= 11 is 0. The minimum absolute atomic E-state index is 0.0308. The molecule has 1 saturated carbocycles. The molecule has 0 saturated heterocycles. The molecule has 20 heavy (non-hydrogen) atoms. The topological polar surface area (TPSA) is 64.3 Å². The van der Waals surface area contributed by atoms with Gasteiger partial charge in [0, 0.05) is 12.1 Å². The van der Waals surface area contributed by atoms with Crippen molar-refractivity contribution in [3.63, 3.8) is 0 Å². The standard InChI is InChI=1S/C16H24N2O2/c17-14-9-5-2-6-10-15(14)18-16(19)11-12-20-13-7-3-1-4-8-13/h1,3-4,7-8,14-15H,2,5-6,9-12,17H2,(H,18,19). The molecule has 110 valence electrons. The molecule has 4 nitrogen and oxygen atoms in total. The Bertz CT molecular complexity index is 408. The van der Waals surface area contributed by atoms with Gasteiger partial charge in [0.1, 0.15) is 5.75 Å². The van der Waals surface area contributed by atoms with Crippen LogP contribution < -0.4 is 15.8 Å². The normalized spacial score (nSPS) is 22.9. The van der Waals surface area contributed by atoms with Crippen molar-refractivity contribution >= 4 is 5.91 Å². The Morgan fingerprint density at radius 2 is 1.95 bits per heavy atom. The Morgan fingerprint density at radius 3 is 2.75 bits per heavy atom. The van der Waals surface area contributed by atoms with Crippen LogP contribution >= 0.6 is 0 Å². The fourth-order valence-electron chi connectivity index (χ4n) is 2.57. The molecule has 1 aromatic carbocycles. The van der Waals surface area contributed by atoms with Crippen molar-refractivity contribution in [2.75, 3.05) is 6.61 Å². The van der Waals surface area contributed by atoms with Gasteiger partial charge in [-0.05, 0) is 25.0 Å². The van der Waals surface area contributed by atoms with Crippen LogP contribution in [0.25, 0.3) is 0 Å². The molecule has 1 amide bonds. The quantitative estimate of drug-likeness (QED) is 0.811. The first-order chi connectivity index (χ1) is 9.75. The first-order valence-corrected chi connectivity index (χ1v) is 7.48. The van der Waals surface area contributed by atoms with Gasteiger partial charge in [0.2, 0.25) is 5.91 Å². The number of amides is 1. The molecule has 0 bridgehead atoms. The summed E-state index contributed by atoms with van der Waals surface area (Å²) in [6, 6.07) is 9.77. The van der Waals surface area contributed by atoms with Crippen LogP contribution in [-0.2, 0) is 4.79 Å². The molecule has 1 aliphatic carbocycles. The van der Waals surface area contributed by atoms with E-state index in [-0.39, 0.29) is 18.0 Å². The predicted octanol–water partition coefficient (Wildman–Crippen LogP) is 2.23. The van der Waals surface area contributed by atoms with Gasteiger partial charge in [-0.3, -0.25) is 4.79 Å². The van der Waals surface area contributed by atoms with Gasteiger partial charge in [-0.2, -0.15) is 0 Å². The monoisotopic (exact) mass is 276 g/mol. The van der Waals surface area contributed by atoms with Gasteiger partial charge in [-0.1, -0.05) is 37.5 Å². The van der Waals surface area contributed by atoms with Gasteiger partial charge in [0.15, 0.2) is 0 Å². The van der Waals surface area contributed by atoms with Crippen molar-refractivity contribution in [3.05, 3.63) is 30.3 Å². The molecule has 4 heteroatoms. The van der Waals surface area contributed by atoms with E-state index in [9.17, 15) is 4.79 Å². The second-order valence-corrected chi connectivity index (χ2v) is 5.39. The lowest BCUT2D eigenvalue weighted by atomic mass is 10.0. The highest BCUT2D eigenvalue weighted by atomic mass is 16.5. The molecule has 1 aliphatic rings. The van der Waals surface area contributed by atoms with Gasteiger partial charge in [0.05, 0.1) is 13.0 Å². The van der Waals surface area contributed by atoms with Crippen LogP contribution in [0.15, 0.2) is 30.3 Å². The Labute approximate surface area is 120 Å². The van der Waals surface area contributed by atoms with E-state index in [4.69, 9.17) is 10.5 Å². The van der Waals surface area contributed by atoms with E-state index in [1.165, 1.54) is 12.8 Å². The summed E-state index contributed by atoms with van der Waals surface area (Å²) in [7, 11) is 0. The van der Waals surface area contributed by atoms with Crippen molar-refractivity contribution in [1.82, 2.24) is 5.32 Å². The summed E-state index contributed by atoms with van der Waals surface area (Å²) in [6.07, 6.45) is 5.91. The smallest absolute Gasteiger partial charge is 0.223 e. The minimum atomic E-state index is 0.0308. The zero-order valence-electron chi connectivity index (χ0n) is 11.9. The highest BCUT2D eigenvalue weighted by molar-refractivity contribution is 5.76. The van der Waals surface area contributed by atoms with E-state index in [0.29, 0.717) is 13.0 Å². The summed E-state index contributed by atoms with van der Waals surface area (Å²) < 4.78 is 5.53. The van der Waals surface area contributed by atoms with E-state index in [1.807, 2.05) is 30.3 Å². The van der Waals surface area contributed by atoms with E-state index >= 15 is 0 Å². The Morgan fingerprint density at radius 1 is 1.20 bits per heavy atom. The zero-order chi connectivity index (χ0) is 14.2. The second-order valence-electron chi connectivity index (χ2n) is 5.39. The van der Waals surface area contributed by atoms with Crippen LogP contribution in [0.3, 0.4) is 0 Å². The number of carbonyl (C=O) groups excluding carboxylic acids is 1. The van der Waals surface area contributed by atoms with Crippen LogP contribution in [0, 0.1) is 0 Å². The van der Waals surface area contributed by atoms with E-state index in [1.54, 1.807) is 0 Å². The highest BCUT2D eigenvalue weighted by Gasteiger charge is 2.21. The number of rotatable bonds is 5.